The van der Waals surface area contributed by atoms with Crippen molar-refractivity contribution in [2.75, 3.05) is 31.6 Å². The number of benzene rings is 1. The molecule has 0 spiro atoms. The highest BCUT2D eigenvalue weighted by Crippen LogP contribution is 2.20. The number of nitrogens with zero attached hydrogens (tertiary/aromatic N) is 1. The smallest absolute Gasteiger partial charge is 0.471 e. The Hall–Kier alpha value is -1.76. The first-order valence-electron chi connectivity index (χ1n) is 8.18. The Balaban J connectivity index is 1.69. The summed E-state index contributed by atoms with van der Waals surface area (Å²) in [7, 11) is 0. The van der Waals surface area contributed by atoms with Crippen LogP contribution in [0.25, 0.3) is 0 Å². The van der Waals surface area contributed by atoms with Crippen molar-refractivity contribution in [1.29, 1.82) is 0 Å². The van der Waals surface area contributed by atoms with Gasteiger partial charge < -0.3 is 15.0 Å². The SMILES string of the molecule is C[C@H]1CCCN(CCCOc2ccc(NC(=O)C(F)(F)F)cc2)C1. The molecule has 0 aliphatic carbocycles. The summed E-state index contributed by atoms with van der Waals surface area (Å²) in [6.07, 6.45) is -1.45. The lowest BCUT2D eigenvalue weighted by Crippen LogP contribution is -2.35. The van der Waals surface area contributed by atoms with E-state index in [-0.39, 0.29) is 5.69 Å². The minimum absolute atomic E-state index is 0.0898. The average molecular weight is 344 g/mol. The number of carbonyl (C=O) groups is 1. The molecule has 1 atom stereocenters. The van der Waals surface area contributed by atoms with Gasteiger partial charge in [-0.25, -0.2) is 0 Å². The van der Waals surface area contributed by atoms with Gasteiger partial charge in [0.2, 0.25) is 0 Å². The van der Waals surface area contributed by atoms with Crippen LogP contribution in [-0.2, 0) is 4.79 Å². The van der Waals surface area contributed by atoms with Gasteiger partial charge in [0.25, 0.3) is 0 Å². The highest BCUT2D eigenvalue weighted by atomic mass is 19.4. The summed E-state index contributed by atoms with van der Waals surface area (Å²) in [6, 6.07) is 5.89. The van der Waals surface area contributed by atoms with Crippen LogP contribution in [-0.4, -0.2) is 43.2 Å². The Morgan fingerprint density at radius 3 is 2.67 bits per heavy atom. The highest BCUT2D eigenvalue weighted by molar-refractivity contribution is 5.94. The van der Waals surface area contributed by atoms with Crippen molar-refractivity contribution < 1.29 is 22.7 Å². The molecular weight excluding hydrogens is 321 g/mol. The zero-order chi connectivity index (χ0) is 17.6. The molecule has 4 nitrogen and oxygen atoms in total. The Labute approximate surface area is 140 Å². The van der Waals surface area contributed by atoms with E-state index in [0.29, 0.717) is 12.4 Å². The molecule has 24 heavy (non-hydrogen) atoms. The largest absolute Gasteiger partial charge is 0.494 e. The quantitative estimate of drug-likeness (QED) is 0.801. The molecule has 1 aliphatic heterocycles. The summed E-state index contributed by atoms with van der Waals surface area (Å²) in [5.41, 5.74) is 0.0898. The van der Waals surface area contributed by atoms with Crippen LogP contribution in [0.1, 0.15) is 26.2 Å². The van der Waals surface area contributed by atoms with Crippen molar-refractivity contribution in [3.05, 3.63) is 24.3 Å². The molecule has 1 fully saturated rings. The van der Waals surface area contributed by atoms with Gasteiger partial charge in [-0.2, -0.15) is 13.2 Å². The van der Waals surface area contributed by atoms with Crippen LogP contribution in [0.2, 0.25) is 0 Å². The number of piperidine rings is 1. The Morgan fingerprint density at radius 2 is 2.04 bits per heavy atom. The molecule has 1 amide bonds. The van der Waals surface area contributed by atoms with E-state index in [2.05, 4.69) is 11.8 Å². The maximum absolute atomic E-state index is 12.2. The molecule has 1 N–H and O–H groups in total. The van der Waals surface area contributed by atoms with Crippen LogP contribution in [0.4, 0.5) is 18.9 Å². The molecule has 0 radical (unpaired) electrons. The van der Waals surface area contributed by atoms with E-state index < -0.39 is 12.1 Å². The van der Waals surface area contributed by atoms with Gasteiger partial charge in [-0.3, -0.25) is 4.79 Å². The van der Waals surface area contributed by atoms with Gasteiger partial charge in [-0.05, 0) is 56.0 Å². The molecule has 1 aromatic carbocycles. The van der Waals surface area contributed by atoms with E-state index in [0.717, 1.165) is 32.0 Å². The second kappa shape index (κ2) is 8.37. The summed E-state index contributed by atoms with van der Waals surface area (Å²) in [5, 5.41) is 1.80. The van der Waals surface area contributed by atoms with Crippen LogP contribution in [0.5, 0.6) is 5.75 Å². The predicted molar refractivity (Wildman–Crippen MR) is 86.1 cm³/mol. The second-order valence-corrected chi connectivity index (χ2v) is 6.23. The second-order valence-electron chi connectivity index (χ2n) is 6.23. The van der Waals surface area contributed by atoms with Crippen molar-refractivity contribution >= 4 is 11.6 Å². The van der Waals surface area contributed by atoms with Crippen LogP contribution in [0, 0.1) is 5.92 Å². The number of alkyl halides is 3. The first-order valence-corrected chi connectivity index (χ1v) is 8.18. The summed E-state index contributed by atoms with van der Waals surface area (Å²) in [6.45, 7) is 6.08. The zero-order valence-corrected chi connectivity index (χ0v) is 13.7. The highest BCUT2D eigenvalue weighted by Gasteiger charge is 2.38. The number of carbonyl (C=O) groups excluding carboxylic acids is 1. The van der Waals surface area contributed by atoms with Crippen molar-refractivity contribution in [3.8, 4) is 5.75 Å². The van der Waals surface area contributed by atoms with E-state index in [1.807, 2.05) is 0 Å². The van der Waals surface area contributed by atoms with E-state index in [9.17, 15) is 18.0 Å². The number of rotatable bonds is 6. The number of ether oxygens (including phenoxy) is 1. The molecule has 1 aliphatic rings. The topological polar surface area (TPSA) is 41.6 Å². The predicted octanol–water partition coefficient (Wildman–Crippen LogP) is 3.69. The Bertz CT molecular complexity index is 532. The first-order chi connectivity index (χ1) is 11.3. The fourth-order valence-corrected chi connectivity index (χ4v) is 2.80. The van der Waals surface area contributed by atoms with Gasteiger partial charge in [0.1, 0.15) is 5.75 Å². The minimum Gasteiger partial charge on any atom is -0.494 e. The molecule has 1 aromatic rings. The lowest BCUT2D eigenvalue weighted by molar-refractivity contribution is -0.167. The molecule has 7 heteroatoms. The minimum atomic E-state index is -4.89. The van der Waals surface area contributed by atoms with Gasteiger partial charge in [0.15, 0.2) is 0 Å². The molecule has 0 bridgehead atoms. The lowest BCUT2D eigenvalue weighted by atomic mass is 10.0. The third-order valence-electron chi connectivity index (χ3n) is 4.00. The van der Waals surface area contributed by atoms with E-state index in [4.69, 9.17) is 4.74 Å². The lowest BCUT2D eigenvalue weighted by Gasteiger charge is -2.30. The van der Waals surface area contributed by atoms with E-state index in [1.54, 1.807) is 17.4 Å². The van der Waals surface area contributed by atoms with Crippen LogP contribution >= 0.6 is 0 Å². The molecule has 2 rings (SSSR count). The van der Waals surface area contributed by atoms with Crippen LogP contribution in [0.3, 0.4) is 0 Å². The fourth-order valence-electron chi connectivity index (χ4n) is 2.80. The van der Waals surface area contributed by atoms with E-state index >= 15 is 0 Å². The third kappa shape index (κ3) is 6.03. The molecule has 1 saturated heterocycles. The number of likely N-dealkylation sites (tertiary alicyclic amines) is 1. The molecule has 0 saturated carbocycles. The average Bonchev–Trinajstić information content (AvgIpc) is 2.52. The number of hydrogen-bond acceptors (Lipinski definition) is 3. The monoisotopic (exact) mass is 344 g/mol. The molecule has 0 unspecified atom stereocenters. The third-order valence-corrected chi connectivity index (χ3v) is 4.00. The Kier molecular flexibility index (Phi) is 6.48. The fraction of sp³-hybridized carbons (Fsp3) is 0.588. The van der Waals surface area contributed by atoms with Gasteiger partial charge in [-0.15, -0.1) is 0 Å². The molecular formula is C17H23F3N2O2. The van der Waals surface area contributed by atoms with Gasteiger partial charge >= 0.3 is 12.1 Å². The van der Waals surface area contributed by atoms with Gasteiger partial charge in [0.05, 0.1) is 6.61 Å². The normalized spacial score (nSPS) is 19.1. The van der Waals surface area contributed by atoms with Crippen molar-refractivity contribution in [1.82, 2.24) is 4.90 Å². The van der Waals surface area contributed by atoms with Gasteiger partial charge in [0, 0.05) is 18.8 Å². The molecule has 1 heterocycles. The molecule has 134 valence electrons. The maximum atomic E-state index is 12.2. The van der Waals surface area contributed by atoms with Crippen molar-refractivity contribution in [2.24, 2.45) is 5.92 Å². The number of nitrogens with one attached hydrogen (secondary N) is 1. The first kappa shape index (κ1) is 18.6. The summed E-state index contributed by atoms with van der Waals surface area (Å²) >= 11 is 0. The standard InChI is InChI=1S/C17H23F3N2O2/c1-13-4-2-9-22(12-13)10-3-11-24-15-7-5-14(6-8-15)21-16(23)17(18,19)20/h5-8,13H,2-4,9-12H2,1H3,(H,21,23)/t13-/m0/s1. The summed E-state index contributed by atoms with van der Waals surface area (Å²) in [4.78, 5) is 13.3. The van der Waals surface area contributed by atoms with Crippen molar-refractivity contribution in [2.45, 2.75) is 32.4 Å². The van der Waals surface area contributed by atoms with Crippen LogP contribution in [0.15, 0.2) is 24.3 Å². The number of hydrogen-bond donors (Lipinski definition) is 1. The van der Waals surface area contributed by atoms with E-state index in [1.165, 1.54) is 25.0 Å². The molecule has 0 aromatic heterocycles. The Morgan fingerprint density at radius 1 is 1.33 bits per heavy atom. The number of anilines is 1. The van der Waals surface area contributed by atoms with Gasteiger partial charge in [-0.1, -0.05) is 6.92 Å². The van der Waals surface area contributed by atoms with Crippen LogP contribution < -0.4 is 10.1 Å². The summed E-state index contributed by atoms with van der Waals surface area (Å²) < 4.78 is 42.1. The zero-order valence-electron chi connectivity index (χ0n) is 13.7. The maximum Gasteiger partial charge on any atom is 0.471 e. The van der Waals surface area contributed by atoms with Crippen molar-refractivity contribution in [3.63, 3.8) is 0 Å². The number of amides is 1. The number of halogens is 3. The summed E-state index contributed by atoms with van der Waals surface area (Å²) in [5.74, 6) is -0.655.